The summed E-state index contributed by atoms with van der Waals surface area (Å²) in [6.45, 7) is 4.82. The summed E-state index contributed by atoms with van der Waals surface area (Å²) >= 11 is 0. The number of hydrogen-bond donors (Lipinski definition) is 2. The summed E-state index contributed by atoms with van der Waals surface area (Å²) in [6, 6.07) is 7.96. The molecule has 3 heterocycles. The number of aromatic nitrogens is 3. The van der Waals surface area contributed by atoms with Crippen LogP contribution in [0.3, 0.4) is 0 Å². The van der Waals surface area contributed by atoms with E-state index in [9.17, 15) is 4.21 Å². The van der Waals surface area contributed by atoms with E-state index in [4.69, 9.17) is 4.74 Å². The molecule has 0 amide bonds. The zero-order chi connectivity index (χ0) is 17.4. The first-order valence-corrected chi connectivity index (χ1v) is 9.65. The molecule has 0 radical (unpaired) electrons. The number of anilines is 1. The second-order valence-electron chi connectivity index (χ2n) is 6.43. The lowest BCUT2D eigenvalue weighted by molar-refractivity contribution is 0.326. The average molecular weight is 356 g/mol. The number of H-pyrrole nitrogens is 1. The number of hydrogen-bond acceptors (Lipinski definition) is 5. The van der Waals surface area contributed by atoms with E-state index in [0.29, 0.717) is 18.3 Å². The Bertz CT molecular complexity index is 938. The molecule has 0 spiro atoms. The van der Waals surface area contributed by atoms with Gasteiger partial charge in [0, 0.05) is 6.20 Å². The van der Waals surface area contributed by atoms with Gasteiger partial charge in [0.1, 0.15) is 30.1 Å². The Balaban J connectivity index is 1.71. The van der Waals surface area contributed by atoms with Gasteiger partial charge in [0.25, 0.3) is 0 Å². The van der Waals surface area contributed by atoms with Crippen LogP contribution in [0.2, 0.25) is 0 Å². The van der Waals surface area contributed by atoms with Gasteiger partial charge in [-0.05, 0) is 29.7 Å². The van der Waals surface area contributed by atoms with E-state index in [1.807, 2.05) is 30.5 Å². The maximum absolute atomic E-state index is 12.3. The SMILES string of the molecule is CC(C)[C@H](Nc1ncnc2[nH]ccc12)c1ccc2c(c1)[S@@](=O)CCO2. The van der Waals surface area contributed by atoms with Crippen molar-refractivity contribution in [3.05, 3.63) is 42.4 Å². The van der Waals surface area contributed by atoms with Crippen molar-refractivity contribution in [1.82, 2.24) is 15.0 Å². The van der Waals surface area contributed by atoms with Crippen LogP contribution in [0.1, 0.15) is 25.5 Å². The van der Waals surface area contributed by atoms with E-state index < -0.39 is 10.8 Å². The molecule has 0 unspecified atom stereocenters. The third-order valence-corrected chi connectivity index (χ3v) is 5.76. The van der Waals surface area contributed by atoms with Crippen LogP contribution in [-0.4, -0.2) is 31.5 Å². The molecule has 1 aliphatic rings. The fourth-order valence-electron chi connectivity index (χ4n) is 3.12. The van der Waals surface area contributed by atoms with Crippen LogP contribution in [0, 0.1) is 5.92 Å². The Morgan fingerprint density at radius 3 is 3.00 bits per heavy atom. The second kappa shape index (κ2) is 6.48. The number of rotatable bonds is 4. The fraction of sp³-hybridized carbons (Fsp3) is 0.333. The maximum atomic E-state index is 12.3. The van der Waals surface area contributed by atoms with Crippen LogP contribution in [-0.2, 0) is 10.8 Å². The number of ether oxygens (including phenoxy) is 1. The lowest BCUT2D eigenvalue weighted by Crippen LogP contribution is -2.20. The molecule has 6 nitrogen and oxygen atoms in total. The standard InChI is InChI=1S/C18H20N4O2S/c1-11(2)16(22-18-13-5-6-19-17(13)20-10-21-18)12-3-4-14-15(9-12)25(23)8-7-24-14/h3-6,9-11,16H,7-8H2,1-2H3,(H2,19,20,21,22)/t16-,25-/m0/s1. The molecule has 2 aromatic heterocycles. The normalized spacial score (nSPS) is 18.0. The molecular formula is C18H20N4O2S. The smallest absolute Gasteiger partial charge is 0.142 e. The highest BCUT2D eigenvalue weighted by molar-refractivity contribution is 7.85. The van der Waals surface area contributed by atoms with E-state index >= 15 is 0 Å². The lowest BCUT2D eigenvalue weighted by Gasteiger charge is -2.25. The minimum Gasteiger partial charge on any atom is -0.491 e. The van der Waals surface area contributed by atoms with Gasteiger partial charge >= 0.3 is 0 Å². The monoisotopic (exact) mass is 356 g/mol. The first-order chi connectivity index (χ1) is 12.1. The summed E-state index contributed by atoms with van der Waals surface area (Å²) in [4.78, 5) is 12.5. The van der Waals surface area contributed by atoms with Crippen molar-refractivity contribution in [2.45, 2.75) is 24.8 Å². The van der Waals surface area contributed by atoms with Gasteiger partial charge in [0.05, 0.1) is 32.9 Å². The molecule has 0 aliphatic carbocycles. The van der Waals surface area contributed by atoms with Gasteiger partial charge in [-0.15, -0.1) is 0 Å². The highest BCUT2D eigenvalue weighted by Gasteiger charge is 2.23. The number of nitrogens with one attached hydrogen (secondary N) is 2. The zero-order valence-corrected chi connectivity index (χ0v) is 15.0. The molecule has 130 valence electrons. The van der Waals surface area contributed by atoms with Crippen molar-refractivity contribution in [2.24, 2.45) is 5.92 Å². The molecule has 1 aromatic carbocycles. The van der Waals surface area contributed by atoms with Crippen LogP contribution < -0.4 is 10.1 Å². The first kappa shape index (κ1) is 16.1. The molecule has 25 heavy (non-hydrogen) atoms. The maximum Gasteiger partial charge on any atom is 0.142 e. The lowest BCUT2D eigenvalue weighted by atomic mass is 9.95. The zero-order valence-electron chi connectivity index (χ0n) is 14.2. The Kier molecular flexibility index (Phi) is 4.17. The molecule has 0 saturated carbocycles. The molecule has 7 heteroatoms. The quantitative estimate of drug-likeness (QED) is 0.750. The molecule has 1 aliphatic heterocycles. The van der Waals surface area contributed by atoms with Crippen LogP contribution >= 0.6 is 0 Å². The number of aromatic amines is 1. The van der Waals surface area contributed by atoms with Crippen LogP contribution in [0.4, 0.5) is 5.82 Å². The Morgan fingerprint density at radius 1 is 1.28 bits per heavy atom. The largest absolute Gasteiger partial charge is 0.491 e. The number of nitrogens with zero attached hydrogens (tertiary/aromatic N) is 2. The van der Waals surface area contributed by atoms with Gasteiger partial charge in [0.15, 0.2) is 0 Å². The van der Waals surface area contributed by atoms with E-state index in [1.165, 1.54) is 0 Å². The summed E-state index contributed by atoms with van der Waals surface area (Å²) in [7, 11) is -1.00. The molecule has 0 bridgehead atoms. The summed E-state index contributed by atoms with van der Waals surface area (Å²) in [5.41, 5.74) is 1.88. The van der Waals surface area contributed by atoms with Crippen LogP contribution in [0.15, 0.2) is 41.7 Å². The predicted molar refractivity (Wildman–Crippen MR) is 98.3 cm³/mol. The van der Waals surface area contributed by atoms with Crippen LogP contribution in [0.5, 0.6) is 5.75 Å². The molecule has 4 rings (SSSR count). The summed E-state index contributed by atoms with van der Waals surface area (Å²) in [5.74, 6) is 2.39. The van der Waals surface area contributed by atoms with Crippen molar-refractivity contribution in [3.63, 3.8) is 0 Å². The summed E-state index contributed by atoms with van der Waals surface area (Å²) < 4.78 is 17.9. The van der Waals surface area contributed by atoms with Crippen molar-refractivity contribution in [2.75, 3.05) is 17.7 Å². The highest BCUT2D eigenvalue weighted by Crippen LogP contribution is 2.34. The fourth-order valence-corrected chi connectivity index (χ4v) is 4.20. The summed E-state index contributed by atoms with van der Waals surface area (Å²) in [6.07, 6.45) is 3.41. The number of fused-ring (bicyclic) bond motifs is 2. The Morgan fingerprint density at radius 2 is 2.16 bits per heavy atom. The van der Waals surface area contributed by atoms with E-state index in [0.717, 1.165) is 33.1 Å². The van der Waals surface area contributed by atoms with Crippen LogP contribution in [0.25, 0.3) is 11.0 Å². The average Bonchev–Trinajstić information content (AvgIpc) is 3.09. The van der Waals surface area contributed by atoms with Crippen molar-refractivity contribution in [1.29, 1.82) is 0 Å². The third kappa shape index (κ3) is 3.00. The van der Waals surface area contributed by atoms with E-state index in [1.54, 1.807) is 6.33 Å². The Labute approximate surface area is 148 Å². The van der Waals surface area contributed by atoms with Gasteiger partial charge in [-0.25, -0.2) is 9.97 Å². The van der Waals surface area contributed by atoms with E-state index in [2.05, 4.69) is 34.1 Å². The topological polar surface area (TPSA) is 79.9 Å². The van der Waals surface area contributed by atoms with Crippen molar-refractivity contribution in [3.8, 4) is 5.75 Å². The second-order valence-corrected chi connectivity index (χ2v) is 7.97. The number of benzene rings is 1. The first-order valence-electron chi connectivity index (χ1n) is 8.33. The Hall–Kier alpha value is -2.41. The van der Waals surface area contributed by atoms with Crippen molar-refractivity contribution >= 4 is 27.7 Å². The minimum atomic E-state index is -1.00. The predicted octanol–water partition coefficient (Wildman–Crippen LogP) is 3.27. The minimum absolute atomic E-state index is 0.0391. The van der Waals surface area contributed by atoms with Gasteiger partial charge in [-0.2, -0.15) is 0 Å². The van der Waals surface area contributed by atoms with Gasteiger partial charge in [-0.1, -0.05) is 19.9 Å². The van der Waals surface area contributed by atoms with Gasteiger partial charge < -0.3 is 15.0 Å². The van der Waals surface area contributed by atoms with Gasteiger partial charge in [0.2, 0.25) is 0 Å². The molecule has 0 saturated heterocycles. The van der Waals surface area contributed by atoms with Crippen molar-refractivity contribution < 1.29 is 8.95 Å². The molecule has 2 atom stereocenters. The molecule has 0 fully saturated rings. The molecule has 3 aromatic rings. The van der Waals surface area contributed by atoms with Gasteiger partial charge in [-0.3, -0.25) is 4.21 Å². The highest BCUT2D eigenvalue weighted by atomic mass is 32.2. The third-order valence-electron chi connectivity index (χ3n) is 4.41. The molecular weight excluding hydrogens is 336 g/mol. The molecule has 2 N–H and O–H groups in total. The summed E-state index contributed by atoms with van der Waals surface area (Å²) in [5, 5.41) is 4.49. The van der Waals surface area contributed by atoms with E-state index in [-0.39, 0.29) is 6.04 Å².